The number of nitrogens with one attached hydrogen (secondary N) is 2. The van der Waals surface area contributed by atoms with Gasteiger partial charge in [0.1, 0.15) is 0 Å². The van der Waals surface area contributed by atoms with E-state index in [0.29, 0.717) is 13.0 Å². The average Bonchev–Trinajstić information content (AvgIpc) is 2.91. The van der Waals surface area contributed by atoms with Gasteiger partial charge in [0.25, 0.3) is 0 Å². The van der Waals surface area contributed by atoms with Crippen molar-refractivity contribution in [1.82, 2.24) is 15.3 Å². The molecule has 18 heavy (non-hydrogen) atoms. The van der Waals surface area contributed by atoms with E-state index in [9.17, 15) is 4.79 Å². The summed E-state index contributed by atoms with van der Waals surface area (Å²) in [7, 11) is 0. The molecule has 0 saturated heterocycles. The Hall–Kier alpha value is -1.75. The van der Waals surface area contributed by atoms with E-state index in [0.717, 1.165) is 11.4 Å². The van der Waals surface area contributed by atoms with Crippen LogP contribution in [0.4, 0.5) is 0 Å². The topological polar surface area (TPSA) is 57.8 Å². The van der Waals surface area contributed by atoms with Gasteiger partial charge < -0.3 is 10.3 Å². The second-order valence-electron chi connectivity index (χ2n) is 3.77. The van der Waals surface area contributed by atoms with Gasteiger partial charge in [0.15, 0.2) is 0 Å². The SMILES string of the molecule is O=C(CCSc1ccccc1)NCc1cnc[nH]1. The maximum atomic E-state index is 11.6. The van der Waals surface area contributed by atoms with Crippen molar-refractivity contribution >= 4 is 17.7 Å². The van der Waals surface area contributed by atoms with E-state index >= 15 is 0 Å². The van der Waals surface area contributed by atoms with Crippen molar-refractivity contribution in [1.29, 1.82) is 0 Å². The van der Waals surface area contributed by atoms with Crippen LogP contribution in [0.25, 0.3) is 0 Å². The predicted octanol–water partition coefficient (Wildman–Crippen LogP) is 2.21. The zero-order valence-electron chi connectivity index (χ0n) is 9.93. The van der Waals surface area contributed by atoms with Crippen molar-refractivity contribution in [3.8, 4) is 0 Å². The third kappa shape index (κ3) is 4.25. The summed E-state index contributed by atoms with van der Waals surface area (Å²) in [6, 6.07) is 10.1. The summed E-state index contributed by atoms with van der Waals surface area (Å²) in [5.74, 6) is 0.853. The van der Waals surface area contributed by atoms with Gasteiger partial charge in [-0.2, -0.15) is 0 Å². The maximum Gasteiger partial charge on any atom is 0.221 e. The minimum absolute atomic E-state index is 0.0630. The lowest BCUT2D eigenvalue weighted by Crippen LogP contribution is -2.23. The molecule has 0 spiro atoms. The zero-order chi connectivity index (χ0) is 12.6. The smallest absolute Gasteiger partial charge is 0.221 e. The van der Waals surface area contributed by atoms with Crippen LogP contribution < -0.4 is 5.32 Å². The van der Waals surface area contributed by atoms with Gasteiger partial charge in [0, 0.05) is 23.3 Å². The van der Waals surface area contributed by atoms with Crippen LogP contribution in [0.2, 0.25) is 0 Å². The Kier molecular flexibility index (Phi) is 4.84. The number of rotatable bonds is 6. The summed E-state index contributed by atoms with van der Waals surface area (Å²) in [4.78, 5) is 19.6. The monoisotopic (exact) mass is 261 g/mol. The molecule has 2 N–H and O–H groups in total. The Labute approximate surface area is 110 Å². The molecule has 94 valence electrons. The number of hydrogen-bond acceptors (Lipinski definition) is 3. The molecular formula is C13H15N3OS. The normalized spacial score (nSPS) is 10.2. The number of benzene rings is 1. The Morgan fingerprint density at radius 3 is 2.89 bits per heavy atom. The molecule has 0 aliphatic carbocycles. The molecule has 0 saturated carbocycles. The van der Waals surface area contributed by atoms with Crippen LogP contribution in [0, 0.1) is 0 Å². The first-order valence-electron chi connectivity index (χ1n) is 5.76. The highest BCUT2D eigenvalue weighted by molar-refractivity contribution is 7.99. The second kappa shape index (κ2) is 6.86. The van der Waals surface area contributed by atoms with Crippen molar-refractivity contribution in [3.05, 3.63) is 48.5 Å². The Morgan fingerprint density at radius 1 is 1.33 bits per heavy atom. The van der Waals surface area contributed by atoms with Crippen LogP contribution in [0.5, 0.6) is 0 Å². The lowest BCUT2D eigenvalue weighted by molar-refractivity contribution is -0.120. The lowest BCUT2D eigenvalue weighted by atomic mass is 10.4. The summed E-state index contributed by atoms with van der Waals surface area (Å²) >= 11 is 1.69. The number of carbonyl (C=O) groups is 1. The van der Waals surface area contributed by atoms with Crippen molar-refractivity contribution in [2.24, 2.45) is 0 Å². The largest absolute Gasteiger partial charge is 0.350 e. The summed E-state index contributed by atoms with van der Waals surface area (Å²) in [5, 5.41) is 2.85. The summed E-state index contributed by atoms with van der Waals surface area (Å²) in [5.41, 5.74) is 0.916. The second-order valence-corrected chi connectivity index (χ2v) is 4.93. The predicted molar refractivity (Wildman–Crippen MR) is 72.2 cm³/mol. The van der Waals surface area contributed by atoms with E-state index in [1.165, 1.54) is 4.90 Å². The number of aromatic nitrogens is 2. The quantitative estimate of drug-likeness (QED) is 0.784. The fourth-order valence-corrected chi connectivity index (χ4v) is 2.31. The van der Waals surface area contributed by atoms with Crippen LogP contribution in [-0.2, 0) is 11.3 Å². The number of thioether (sulfide) groups is 1. The van der Waals surface area contributed by atoms with E-state index in [2.05, 4.69) is 15.3 Å². The Balaban J connectivity index is 1.63. The minimum Gasteiger partial charge on any atom is -0.350 e. The third-order valence-corrected chi connectivity index (χ3v) is 3.39. The van der Waals surface area contributed by atoms with Gasteiger partial charge in [-0.05, 0) is 12.1 Å². The summed E-state index contributed by atoms with van der Waals surface area (Å²) in [6.07, 6.45) is 3.83. The highest BCUT2D eigenvalue weighted by atomic mass is 32.2. The summed E-state index contributed by atoms with van der Waals surface area (Å²) < 4.78 is 0. The van der Waals surface area contributed by atoms with Crippen LogP contribution in [0.15, 0.2) is 47.8 Å². The highest BCUT2D eigenvalue weighted by Gasteiger charge is 2.02. The number of amides is 1. The molecule has 4 nitrogen and oxygen atoms in total. The number of aromatic amines is 1. The Morgan fingerprint density at radius 2 is 2.17 bits per heavy atom. The molecule has 0 aliphatic heterocycles. The van der Waals surface area contributed by atoms with Gasteiger partial charge in [-0.1, -0.05) is 18.2 Å². The average molecular weight is 261 g/mol. The van der Waals surface area contributed by atoms with Crippen LogP contribution in [0.1, 0.15) is 12.1 Å². The van der Waals surface area contributed by atoms with Gasteiger partial charge in [0.05, 0.1) is 18.6 Å². The number of carbonyl (C=O) groups excluding carboxylic acids is 1. The Bertz CT molecular complexity index is 470. The lowest BCUT2D eigenvalue weighted by Gasteiger charge is -2.03. The molecule has 0 unspecified atom stereocenters. The summed E-state index contributed by atoms with van der Waals surface area (Å²) in [6.45, 7) is 0.509. The van der Waals surface area contributed by atoms with Gasteiger partial charge in [-0.3, -0.25) is 4.79 Å². The van der Waals surface area contributed by atoms with Crippen LogP contribution in [-0.4, -0.2) is 21.6 Å². The first kappa shape index (κ1) is 12.7. The molecule has 1 amide bonds. The third-order valence-electron chi connectivity index (χ3n) is 2.37. The molecule has 2 rings (SSSR count). The van der Waals surface area contributed by atoms with E-state index in [1.807, 2.05) is 30.3 Å². The molecular weight excluding hydrogens is 246 g/mol. The van der Waals surface area contributed by atoms with Crippen molar-refractivity contribution in [2.75, 3.05) is 5.75 Å². The van der Waals surface area contributed by atoms with Crippen LogP contribution in [0.3, 0.4) is 0 Å². The van der Waals surface area contributed by atoms with Crippen LogP contribution >= 0.6 is 11.8 Å². The van der Waals surface area contributed by atoms with Gasteiger partial charge in [-0.15, -0.1) is 11.8 Å². The molecule has 5 heteroatoms. The van der Waals surface area contributed by atoms with Crippen molar-refractivity contribution < 1.29 is 4.79 Å². The molecule has 0 radical (unpaired) electrons. The molecule has 0 aliphatic rings. The number of imidazole rings is 1. The van der Waals surface area contributed by atoms with E-state index in [-0.39, 0.29) is 5.91 Å². The first-order chi connectivity index (χ1) is 8.84. The number of hydrogen-bond donors (Lipinski definition) is 2. The van der Waals surface area contributed by atoms with Gasteiger partial charge in [0.2, 0.25) is 5.91 Å². The zero-order valence-corrected chi connectivity index (χ0v) is 10.7. The fraction of sp³-hybridized carbons (Fsp3) is 0.231. The molecule has 2 aromatic rings. The van der Waals surface area contributed by atoms with E-state index in [1.54, 1.807) is 24.3 Å². The van der Waals surface area contributed by atoms with Crippen molar-refractivity contribution in [2.45, 2.75) is 17.9 Å². The molecule has 0 fully saturated rings. The van der Waals surface area contributed by atoms with E-state index in [4.69, 9.17) is 0 Å². The van der Waals surface area contributed by atoms with E-state index < -0.39 is 0 Å². The van der Waals surface area contributed by atoms with Gasteiger partial charge >= 0.3 is 0 Å². The number of H-pyrrole nitrogens is 1. The fourth-order valence-electron chi connectivity index (χ4n) is 1.44. The molecule has 1 heterocycles. The van der Waals surface area contributed by atoms with Gasteiger partial charge in [-0.25, -0.2) is 4.98 Å². The minimum atomic E-state index is 0.0630. The highest BCUT2D eigenvalue weighted by Crippen LogP contribution is 2.17. The molecule has 1 aromatic carbocycles. The standard InChI is InChI=1S/C13H15N3OS/c17-13(15-9-11-8-14-10-16-11)6-7-18-12-4-2-1-3-5-12/h1-5,8,10H,6-7,9H2,(H,14,16)(H,15,17). The molecule has 0 atom stereocenters. The number of nitrogens with zero attached hydrogens (tertiary/aromatic N) is 1. The molecule has 1 aromatic heterocycles. The first-order valence-corrected chi connectivity index (χ1v) is 6.75. The maximum absolute atomic E-state index is 11.6. The van der Waals surface area contributed by atoms with Crippen molar-refractivity contribution in [3.63, 3.8) is 0 Å². The molecule has 0 bridgehead atoms.